The Balaban J connectivity index is 1.94. The lowest BCUT2D eigenvalue weighted by Crippen LogP contribution is -2.23. The van der Waals surface area contributed by atoms with Crippen molar-refractivity contribution in [1.29, 1.82) is 0 Å². The fourth-order valence-electron chi connectivity index (χ4n) is 2.19. The van der Waals surface area contributed by atoms with Gasteiger partial charge in [0, 0.05) is 6.54 Å². The van der Waals surface area contributed by atoms with Gasteiger partial charge in [0.2, 0.25) is 0 Å². The summed E-state index contributed by atoms with van der Waals surface area (Å²) < 4.78 is 3.28. The van der Waals surface area contributed by atoms with E-state index in [0.29, 0.717) is 23.3 Å². The number of para-hydroxylation sites is 1. The maximum Gasteiger partial charge on any atom is 0.261 e. The van der Waals surface area contributed by atoms with Crippen molar-refractivity contribution < 1.29 is 0 Å². The molecule has 0 aliphatic carbocycles. The number of nitrogens with zero attached hydrogens (tertiary/aromatic N) is 6. The van der Waals surface area contributed by atoms with Crippen molar-refractivity contribution in [3.63, 3.8) is 0 Å². The number of hydrogen-bond acceptors (Lipinski definition) is 5. The number of hydrogen-bond donors (Lipinski definition) is 0. The maximum atomic E-state index is 12.4. The molecule has 0 N–H and O–H groups in total. The van der Waals surface area contributed by atoms with Crippen LogP contribution in [-0.2, 0) is 13.1 Å². The molecule has 0 unspecified atom stereocenters. The third kappa shape index (κ3) is 2.67. The summed E-state index contributed by atoms with van der Waals surface area (Å²) in [6.07, 6.45) is 3.61. The zero-order valence-electron chi connectivity index (χ0n) is 11.8. The Morgan fingerprint density at radius 1 is 1.24 bits per heavy atom. The highest BCUT2D eigenvalue weighted by molar-refractivity contribution is 5.76. The Kier molecular flexibility index (Phi) is 3.72. The summed E-state index contributed by atoms with van der Waals surface area (Å²) in [5, 5.41) is 12.3. The molecular formula is C14H16N6O. The van der Waals surface area contributed by atoms with Gasteiger partial charge in [-0.2, -0.15) is 0 Å². The van der Waals surface area contributed by atoms with Crippen LogP contribution in [-0.4, -0.2) is 29.8 Å². The summed E-state index contributed by atoms with van der Waals surface area (Å²) in [4.78, 5) is 16.7. The Morgan fingerprint density at radius 3 is 2.95 bits per heavy atom. The molecule has 2 aromatic heterocycles. The first-order valence-corrected chi connectivity index (χ1v) is 6.99. The molecule has 1 aromatic carbocycles. The Bertz CT molecular complexity index is 806. The van der Waals surface area contributed by atoms with Gasteiger partial charge in [-0.25, -0.2) is 9.67 Å². The predicted molar refractivity (Wildman–Crippen MR) is 77.8 cm³/mol. The van der Waals surface area contributed by atoms with E-state index < -0.39 is 0 Å². The molecule has 2 heterocycles. The van der Waals surface area contributed by atoms with Crippen LogP contribution in [0.1, 0.15) is 25.6 Å². The first kappa shape index (κ1) is 13.4. The van der Waals surface area contributed by atoms with E-state index in [1.165, 1.54) is 4.57 Å². The molecule has 3 rings (SSSR count). The molecule has 0 atom stereocenters. The molecule has 0 bridgehead atoms. The van der Waals surface area contributed by atoms with Gasteiger partial charge in [-0.3, -0.25) is 9.36 Å². The second-order valence-corrected chi connectivity index (χ2v) is 4.87. The summed E-state index contributed by atoms with van der Waals surface area (Å²) in [7, 11) is 0. The van der Waals surface area contributed by atoms with Gasteiger partial charge in [0.05, 0.1) is 23.8 Å². The highest BCUT2D eigenvalue weighted by atomic mass is 16.1. The zero-order valence-corrected chi connectivity index (χ0v) is 11.8. The van der Waals surface area contributed by atoms with Crippen molar-refractivity contribution in [2.45, 2.75) is 32.9 Å². The molecule has 0 aliphatic rings. The second-order valence-electron chi connectivity index (χ2n) is 4.87. The van der Waals surface area contributed by atoms with Crippen LogP contribution in [0.3, 0.4) is 0 Å². The third-order valence-corrected chi connectivity index (χ3v) is 3.37. The number of unbranched alkanes of at least 4 members (excludes halogenated alkanes) is 1. The van der Waals surface area contributed by atoms with E-state index in [1.54, 1.807) is 17.1 Å². The van der Waals surface area contributed by atoms with Crippen LogP contribution in [0.2, 0.25) is 0 Å². The standard InChI is InChI=1S/C14H16N6O/c1-2-3-8-20-13(16-17-18-20)9-19-10-15-12-7-5-4-6-11(12)14(19)21/h4-7,10H,2-3,8-9H2,1H3. The van der Waals surface area contributed by atoms with Gasteiger partial charge in [0.1, 0.15) is 0 Å². The largest absolute Gasteiger partial charge is 0.291 e. The van der Waals surface area contributed by atoms with E-state index in [2.05, 4.69) is 27.4 Å². The van der Waals surface area contributed by atoms with E-state index in [4.69, 9.17) is 0 Å². The molecule has 0 fully saturated rings. The molecule has 0 spiro atoms. The molecule has 3 aromatic rings. The molecule has 0 saturated carbocycles. The van der Waals surface area contributed by atoms with Crippen molar-refractivity contribution in [2.75, 3.05) is 0 Å². The highest BCUT2D eigenvalue weighted by Gasteiger charge is 2.09. The van der Waals surface area contributed by atoms with Crippen LogP contribution in [0.5, 0.6) is 0 Å². The fourth-order valence-corrected chi connectivity index (χ4v) is 2.19. The summed E-state index contributed by atoms with van der Waals surface area (Å²) in [5.41, 5.74) is 0.620. The van der Waals surface area contributed by atoms with Crippen LogP contribution in [0, 0.1) is 0 Å². The van der Waals surface area contributed by atoms with Crippen LogP contribution in [0.25, 0.3) is 10.9 Å². The summed E-state index contributed by atoms with van der Waals surface area (Å²) in [6, 6.07) is 7.30. The van der Waals surface area contributed by atoms with Gasteiger partial charge in [-0.05, 0) is 29.0 Å². The smallest absolute Gasteiger partial charge is 0.261 e. The van der Waals surface area contributed by atoms with Crippen LogP contribution in [0.4, 0.5) is 0 Å². The minimum absolute atomic E-state index is 0.0781. The Hall–Kier alpha value is -2.57. The zero-order chi connectivity index (χ0) is 14.7. The number of benzene rings is 1. The topological polar surface area (TPSA) is 78.5 Å². The number of rotatable bonds is 5. The maximum absolute atomic E-state index is 12.4. The lowest BCUT2D eigenvalue weighted by atomic mass is 10.2. The SMILES string of the molecule is CCCCn1nnnc1Cn1cnc2ccccc2c1=O. The van der Waals surface area contributed by atoms with E-state index in [1.807, 2.05) is 18.2 Å². The molecule has 7 nitrogen and oxygen atoms in total. The van der Waals surface area contributed by atoms with Crippen LogP contribution in [0.15, 0.2) is 35.4 Å². The minimum Gasteiger partial charge on any atom is -0.291 e. The van der Waals surface area contributed by atoms with Crippen LogP contribution < -0.4 is 5.56 Å². The lowest BCUT2D eigenvalue weighted by molar-refractivity contribution is 0.521. The van der Waals surface area contributed by atoms with Gasteiger partial charge < -0.3 is 0 Å². The van der Waals surface area contributed by atoms with Gasteiger partial charge in [0.25, 0.3) is 5.56 Å². The number of tetrazole rings is 1. The molecule has 21 heavy (non-hydrogen) atoms. The lowest BCUT2D eigenvalue weighted by Gasteiger charge is -2.07. The van der Waals surface area contributed by atoms with Crippen molar-refractivity contribution in [1.82, 2.24) is 29.8 Å². The summed E-state index contributed by atoms with van der Waals surface area (Å²) in [5.74, 6) is 0.669. The Labute approximate surface area is 121 Å². The molecular weight excluding hydrogens is 268 g/mol. The van der Waals surface area contributed by atoms with Gasteiger partial charge in [-0.1, -0.05) is 25.5 Å². The van der Waals surface area contributed by atoms with Crippen molar-refractivity contribution >= 4 is 10.9 Å². The van der Waals surface area contributed by atoms with Crippen molar-refractivity contribution in [3.05, 3.63) is 46.8 Å². The van der Waals surface area contributed by atoms with Gasteiger partial charge in [-0.15, -0.1) is 5.10 Å². The average molecular weight is 284 g/mol. The third-order valence-electron chi connectivity index (χ3n) is 3.37. The summed E-state index contributed by atoms with van der Waals surface area (Å²) in [6.45, 7) is 3.20. The van der Waals surface area contributed by atoms with Gasteiger partial charge in [0.15, 0.2) is 5.82 Å². The molecule has 0 radical (unpaired) electrons. The van der Waals surface area contributed by atoms with Crippen LogP contribution >= 0.6 is 0 Å². The van der Waals surface area contributed by atoms with Crippen molar-refractivity contribution in [3.8, 4) is 0 Å². The number of aromatic nitrogens is 6. The highest BCUT2D eigenvalue weighted by Crippen LogP contribution is 2.05. The first-order valence-electron chi connectivity index (χ1n) is 6.99. The molecule has 0 amide bonds. The average Bonchev–Trinajstić information content (AvgIpc) is 2.95. The normalized spacial score (nSPS) is 11.1. The molecule has 108 valence electrons. The molecule has 7 heteroatoms. The van der Waals surface area contributed by atoms with E-state index in [-0.39, 0.29) is 5.56 Å². The number of aryl methyl sites for hydroxylation is 1. The second kappa shape index (κ2) is 5.82. The van der Waals surface area contributed by atoms with E-state index in [0.717, 1.165) is 19.4 Å². The predicted octanol–water partition coefficient (Wildman–Crippen LogP) is 1.23. The molecule has 0 saturated heterocycles. The van der Waals surface area contributed by atoms with E-state index in [9.17, 15) is 4.79 Å². The quantitative estimate of drug-likeness (QED) is 0.704. The minimum atomic E-state index is -0.0781. The van der Waals surface area contributed by atoms with E-state index >= 15 is 0 Å². The van der Waals surface area contributed by atoms with Gasteiger partial charge >= 0.3 is 0 Å². The monoisotopic (exact) mass is 284 g/mol. The van der Waals surface area contributed by atoms with Crippen molar-refractivity contribution in [2.24, 2.45) is 0 Å². The number of fused-ring (bicyclic) bond motifs is 1. The molecule has 0 aliphatic heterocycles. The fraction of sp³-hybridized carbons (Fsp3) is 0.357. The first-order chi connectivity index (χ1) is 10.3. The summed E-state index contributed by atoms with van der Waals surface area (Å²) >= 11 is 0. The Morgan fingerprint density at radius 2 is 2.10 bits per heavy atom.